The van der Waals surface area contributed by atoms with Crippen LogP contribution in [0, 0.1) is 13.8 Å². The van der Waals surface area contributed by atoms with Crippen molar-refractivity contribution in [3.63, 3.8) is 0 Å². The molecule has 0 fully saturated rings. The average molecular weight is 229 g/mol. The van der Waals surface area contributed by atoms with Crippen LogP contribution in [-0.4, -0.2) is 9.78 Å². The highest BCUT2D eigenvalue weighted by Crippen LogP contribution is 2.26. The topological polar surface area (TPSA) is 43.8 Å². The second-order valence-electron chi connectivity index (χ2n) is 4.46. The number of nitrogens with zero attached hydrogens (tertiary/aromatic N) is 2. The highest BCUT2D eigenvalue weighted by molar-refractivity contribution is 5.70. The molecule has 0 saturated heterocycles. The van der Waals surface area contributed by atoms with Gasteiger partial charge in [0.25, 0.3) is 0 Å². The van der Waals surface area contributed by atoms with Gasteiger partial charge in [-0.05, 0) is 37.5 Å². The van der Waals surface area contributed by atoms with E-state index in [1.54, 1.807) is 0 Å². The van der Waals surface area contributed by atoms with Crippen LogP contribution in [0.4, 0.5) is 5.69 Å². The van der Waals surface area contributed by atoms with Crippen LogP contribution in [0.2, 0.25) is 0 Å². The predicted octanol–water partition coefficient (Wildman–Crippen LogP) is 3.16. The Morgan fingerprint density at radius 3 is 2.71 bits per heavy atom. The second-order valence-corrected chi connectivity index (χ2v) is 4.46. The molecule has 1 heterocycles. The van der Waals surface area contributed by atoms with E-state index in [1.165, 1.54) is 5.56 Å². The minimum absolute atomic E-state index is 0.838. The zero-order valence-electron chi connectivity index (χ0n) is 10.7. The largest absolute Gasteiger partial charge is 0.398 e. The van der Waals surface area contributed by atoms with Gasteiger partial charge in [-0.15, -0.1) is 0 Å². The molecule has 2 rings (SSSR count). The first-order chi connectivity index (χ1) is 8.11. The molecule has 1 aromatic carbocycles. The Hall–Kier alpha value is -1.77. The Bertz CT molecular complexity index is 526. The fraction of sp³-hybridized carbons (Fsp3) is 0.357. The number of hydrogen-bond donors (Lipinski definition) is 1. The van der Waals surface area contributed by atoms with E-state index in [2.05, 4.69) is 30.4 Å². The lowest BCUT2D eigenvalue weighted by atomic mass is 10.0. The van der Waals surface area contributed by atoms with Crippen LogP contribution in [0.1, 0.15) is 24.6 Å². The summed E-state index contributed by atoms with van der Waals surface area (Å²) in [5, 5.41) is 4.50. The van der Waals surface area contributed by atoms with E-state index in [-0.39, 0.29) is 0 Å². The van der Waals surface area contributed by atoms with E-state index in [0.717, 1.165) is 35.5 Å². The van der Waals surface area contributed by atoms with Crippen molar-refractivity contribution < 1.29 is 0 Å². The van der Waals surface area contributed by atoms with Gasteiger partial charge in [0.15, 0.2) is 0 Å². The predicted molar refractivity (Wildman–Crippen MR) is 71.8 cm³/mol. The molecule has 3 heteroatoms. The van der Waals surface area contributed by atoms with Crippen LogP contribution < -0.4 is 5.73 Å². The summed E-state index contributed by atoms with van der Waals surface area (Å²) < 4.78 is 2.00. The summed E-state index contributed by atoms with van der Waals surface area (Å²) in [6.45, 7) is 7.17. The van der Waals surface area contributed by atoms with Crippen LogP contribution in [0.5, 0.6) is 0 Å². The van der Waals surface area contributed by atoms with Gasteiger partial charge in [0.2, 0.25) is 0 Å². The third-order valence-corrected chi connectivity index (χ3v) is 2.99. The van der Waals surface area contributed by atoms with Gasteiger partial charge in [0, 0.05) is 24.0 Å². The van der Waals surface area contributed by atoms with Gasteiger partial charge in [-0.1, -0.05) is 19.1 Å². The molecule has 3 nitrogen and oxygen atoms in total. The number of nitrogen functional groups attached to an aromatic ring is 1. The van der Waals surface area contributed by atoms with Gasteiger partial charge < -0.3 is 5.73 Å². The van der Waals surface area contributed by atoms with Crippen LogP contribution in [-0.2, 0) is 6.54 Å². The van der Waals surface area contributed by atoms with Crippen LogP contribution in [0.15, 0.2) is 24.4 Å². The molecule has 2 aromatic rings. The number of nitrogens with two attached hydrogens (primary N) is 1. The number of anilines is 1. The lowest BCUT2D eigenvalue weighted by Gasteiger charge is -2.03. The lowest BCUT2D eigenvalue weighted by molar-refractivity contribution is 0.598. The SMILES string of the molecule is CCCn1cc(-c2ccc(C)c(N)c2)c(C)n1. The zero-order valence-corrected chi connectivity index (χ0v) is 10.7. The van der Waals surface area contributed by atoms with Gasteiger partial charge in [-0.2, -0.15) is 5.10 Å². The Kier molecular flexibility index (Phi) is 3.18. The van der Waals surface area contributed by atoms with Crippen molar-refractivity contribution in [1.82, 2.24) is 9.78 Å². The molecular weight excluding hydrogens is 210 g/mol. The molecular formula is C14H19N3. The molecule has 0 atom stereocenters. The molecule has 1 aromatic heterocycles. The van der Waals surface area contributed by atoms with Crippen LogP contribution >= 0.6 is 0 Å². The lowest BCUT2D eigenvalue weighted by Crippen LogP contribution is -1.96. The van der Waals surface area contributed by atoms with Gasteiger partial charge in [0.1, 0.15) is 0 Å². The third kappa shape index (κ3) is 2.33. The third-order valence-electron chi connectivity index (χ3n) is 2.99. The van der Waals surface area contributed by atoms with Crippen molar-refractivity contribution in [2.24, 2.45) is 0 Å². The number of hydrogen-bond acceptors (Lipinski definition) is 2. The fourth-order valence-corrected chi connectivity index (χ4v) is 1.95. The van der Waals surface area contributed by atoms with E-state index in [4.69, 9.17) is 5.73 Å². The molecule has 0 aliphatic carbocycles. The maximum absolute atomic E-state index is 5.95. The van der Waals surface area contributed by atoms with Gasteiger partial charge >= 0.3 is 0 Å². The molecule has 17 heavy (non-hydrogen) atoms. The highest BCUT2D eigenvalue weighted by Gasteiger charge is 2.07. The quantitative estimate of drug-likeness (QED) is 0.822. The summed E-state index contributed by atoms with van der Waals surface area (Å²) in [6, 6.07) is 6.18. The minimum Gasteiger partial charge on any atom is -0.398 e. The average Bonchev–Trinajstić information content (AvgIpc) is 2.64. The van der Waals surface area contributed by atoms with Crippen LogP contribution in [0.3, 0.4) is 0 Å². The summed E-state index contributed by atoms with van der Waals surface area (Å²) in [7, 11) is 0. The van der Waals surface area contributed by atoms with E-state index in [1.807, 2.05) is 24.6 Å². The summed E-state index contributed by atoms with van der Waals surface area (Å²) in [5.74, 6) is 0. The summed E-state index contributed by atoms with van der Waals surface area (Å²) in [6.07, 6.45) is 3.19. The molecule has 0 aliphatic rings. The van der Waals surface area contributed by atoms with Crippen molar-refractivity contribution in [2.45, 2.75) is 33.7 Å². The monoisotopic (exact) mass is 229 g/mol. The van der Waals surface area contributed by atoms with Gasteiger partial charge in [-0.3, -0.25) is 4.68 Å². The first-order valence-electron chi connectivity index (χ1n) is 6.02. The number of benzene rings is 1. The minimum atomic E-state index is 0.838. The Morgan fingerprint density at radius 1 is 1.29 bits per heavy atom. The molecule has 0 spiro atoms. The first-order valence-corrected chi connectivity index (χ1v) is 6.02. The Balaban J connectivity index is 2.41. The zero-order chi connectivity index (χ0) is 12.4. The van der Waals surface area contributed by atoms with Crippen LogP contribution in [0.25, 0.3) is 11.1 Å². The molecule has 0 bridgehead atoms. The molecule has 0 radical (unpaired) electrons. The standard InChI is InChI=1S/C14H19N3/c1-4-7-17-9-13(11(3)16-17)12-6-5-10(2)14(15)8-12/h5-6,8-9H,4,7,15H2,1-3H3. The van der Waals surface area contributed by atoms with Gasteiger partial charge in [0.05, 0.1) is 5.69 Å². The molecule has 0 saturated carbocycles. The second kappa shape index (κ2) is 4.62. The molecule has 2 N–H and O–H groups in total. The molecule has 0 unspecified atom stereocenters. The Labute approximate surface area is 102 Å². The number of rotatable bonds is 3. The van der Waals surface area contributed by atoms with Crippen molar-refractivity contribution in [3.05, 3.63) is 35.7 Å². The summed E-state index contributed by atoms with van der Waals surface area (Å²) in [4.78, 5) is 0. The summed E-state index contributed by atoms with van der Waals surface area (Å²) >= 11 is 0. The molecule has 90 valence electrons. The molecule has 0 aliphatic heterocycles. The van der Waals surface area contributed by atoms with Crippen molar-refractivity contribution >= 4 is 5.69 Å². The molecule has 0 amide bonds. The maximum atomic E-state index is 5.95. The number of aryl methyl sites for hydroxylation is 3. The fourth-order valence-electron chi connectivity index (χ4n) is 1.95. The maximum Gasteiger partial charge on any atom is 0.0672 e. The van der Waals surface area contributed by atoms with Gasteiger partial charge in [-0.25, -0.2) is 0 Å². The normalized spacial score (nSPS) is 10.8. The highest BCUT2D eigenvalue weighted by atomic mass is 15.3. The van der Waals surface area contributed by atoms with Crippen molar-refractivity contribution in [3.8, 4) is 11.1 Å². The smallest absolute Gasteiger partial charge is 0.0672 e. The van der Waals surface area contributed by atoms with Crippen molar-refractivity contribution in [2.75, 3.05) is 5.73 Å². The van der Waals surface area contributed by atoms with Crippen molar-refractivity contribution in [1.29, 1.82) is 0 Å². The van der Waals surface area contributed by atoms with E-state index in [9.17, 15) is 0 Å². The van der Waals surface area contributed by atoms with E-state index in [0.29, 0.717) is 0 Å². The first kappa shape index (κ1) is 11.7. The Morgan fingerprint density at radius 2 is 2.06 bits per heavy atom. The number of aromatic nitrogens is 2. The van der Waals surface area contributed by atoms with E-state index >= 15 is 0 Å². The summed E-state index contributed by atoms with van der Waals surface area (Å²) in [5.41, 5.74) is 11.3. The van der Waals surface area contributed by atoms with E-state index < -0.39 is 0 Å².